The molecule has 1 saturated carbocycles. The van der Waals surface area contributed by atoms with Gasteiger partial charge in [0.1, 0.15) is 0 Å². The van der Waals surface area contributed by atoms with Crippen molar-refractivity contribution in [1.29, 1.82) is 0 Å². The molecule has 3 N–H and O–H groups in total. The first kappa shape index (κ1) is 16.6. The summed E-state index contributed by atoms with van der Waals surface area (Å²) in [6.07, 6.45) is 5.74. The lowest BCUT2D eigenvalue weighted by molar-refractivity contribution is 0.373. The van der Waals surface area contributed by atoms with E-state index in [4.69, 9.17) is 10.3 Å². The summed E-state index contributed by atoms with van der Waals surface area (Å²) in [6.45, 7) is 0.375. The minimum Gasteiger partial charge on any atom is -0.333 e. The first-order valence-electron chi connectivity index (χ1n) is 7.53. The quantitative estimate of drug-likeness (QED) is 0.813. The minimum absolute atomic E-state index is 0.375. The molecule has 126 valence electrons. The molecule has 7 nitrogen and oxygen atoms in total. The van der Waals surface area contributed by atoms with Crippen LogP contribution < -0.4 is 10.5 Å². The van der Waals surface area contributed by atoms with Crippen LogP contribution in [0.25, 0.3) is 10.8 Å². The molecule has 0 atom stereocenters. The number of hydrogen-bond donors (Lipinski definition) is 2. The van der Waals surface area contributed by atoms with Crippen molar-refractivity contribution >= 4 is 21.4 Å². The molecular weight excluding hydrogens is 336 g/mol. The summed E-state index contributed by atoms with van der Waals surface area (Å²) >= 11 is 1.52. The van der Waals surface area contributed by atoms with Gasteiger partial charge in [0.2, 0.25) is 10.0 Å². The Hall–Kier alpha value is -1.29. The van der Waals surface area contributed by atoms with Gasteiger partial charge in [-0.25, -0.2) is 13.1 Å². The number of hydrogen-bond acceptors (Lipinski definition) is 7. The van der Waals surface area contributed by atoms with E-state index in [-0.39, 0.29) is 0 Å². The molecule has 23 heavy (non-hydrogen) atoms. The van der Waals surface area contributed by atoms with Crippen LogP contribution in [0.5, 0.6) is 0 Å². The van der Waals surface area contributed by atoms with Crippen molar-refractivity contribution in [2.45, 2.75) is 37.6 Å². The fourth-order valence-corrected chi connectivity index (χ4v) is 4.14. The number of nitrogens with two attached hydrogens (primary N) is 1. The molecule has 1 aliphatic rings. The van der Waals surface area contributed by atoms with Crippen LogP contribution in [-0.4, -0.2) is 31.4 Å². The third-order valence-electron chi connectivity index (χ3n) is 3.98. The zero-order valence-electron chi connectivity index (χ0n) is 12.9. The van der Waals surface area contributed by atoms with Gasteiger partial charge in [-0.05, 0) is 31.4 Å². The Labute approximate surface area is 139 Å². The van der Waals surface area contributed by atoms with Gasteiger partial charge >= 0.3 is 0 Å². The van der Waals surface area contributed by atoms with Crippen LogP contribution in [-0.2, 0) is 22.0 Å². The van der Waals surface area contributed by atoms with E-state index >= 15 is 0 Å². The lowest BCUT2D eigenvalue weighted by Gasteiger charge is -2.17. The maximum Gasteiger partial charge on any atom is 0.268 e. The van der Waals surface area contributed by atoms with Crippen LogP contribution in [0.2, 0.25) is 0 Å². The Morgan fingerprint density at radius 2 is 2.13 bits per heavy atom. The van der Waals surface area contributed by atoms with Gasteiger partial charge in [0.05, 0.1) is 16.7 Å². The molecule has 2 aromatic heterocycles. The minimum atomic E-state index is -3.15. The van der Waals surface area contributed by atoms with E-state index in [1.165, 1.54) is 11.3 Å². The molecule has 0 amide bonds. The van der Waals surface area contributed by atoms with Crippen LogP contribution in [0.15, 0.2) is 16.7 Å². The molecule has 9 heteroatoms. The Bertz CT molecular complexity index is 776. The van der Waals surface area contributed by atoms with Crippen LogP contribution in [0.4, 0.5) is 0 Å². The second-order valence-electron chi connectivity index (χ2n) is 5.97. The summed E-state index contributed by atoms with van der Waals surface area (Å²) in [4.78, 5) is 6.39. The number of nitrogens with one attached hydrogen (secondary N) is 1. The highest BCUT2D eigenvalue weighted by molar-refractivity contribution is 7.88. The van der Waals surface area contributed by atoms with E-state index in [1.54, 1.807) is 0 Å². The van der Waals surface area contributed by atoms with Crippen molar-refractivity contribution in [3.63, 3.8) is 0 Å². The fraction of sp³-hybridized carbons (Fsp3) is 0.571. The van der Waals surface area contributed by atoms with Crippen molar-refractivity contribution in [2.24, 2.45) is 5.73 Å². The molecule has 3 rings (SSSR count). The summed E-state index contributed by atoms with van der Waals surface area (Å²) in [5, 5.41) is 4.05. The lowest BCUT2D eigenvalue weighted by Crippen LogP contribution is -2.34. The molecule has 1 aliphatic carbocycles. The standard InChI is InChI=1S/C14H20N4O3S2/c1-23(19,20)16-9-6-10-4-5-11(22-10)12-17-13(18-21-12)14(15)7-2-3-8-14/h4-5,16H,2-3,6-9,15H2,1H3. The average Bonchev–Trinajstić information content (AvgIpc) is 3.15. The van der Waals surface area contributed by atoms with E-state index in [0.717, 1.165) is 41.7 Å². The number of rotatable bonds is 6. The molecule has 0 unspecified atom stereocenters. The predicted octanol–water partition coefficient (Wildman–Crippen LogP) is 1.62. The normalized spacial score (nSPS) is 17.7. The zero-order valence-corrected chi connectivity index (χ0v) is 14.5. The highest BCUT2D eigenvalue weighted by Crippen LogP contribution is 2.36. The monoisotopic (exact) mass is 356 g/mol. The van der Waals surface area contributed by atoms with Crippen LogP contribution in [0.1, 0.15) is 36.4 Å². The first-order chi connectivity index (χ1) is 10.9. The summed E-state index contributed by atoms with van der Waals surface area (Å²) in [7, 11) is -3.15. The van der Waals surface area contributed by atoms with Crippen molar-refractivity contribution in [3.05, 3.63) is 22.8 Å². The molecule has 0 bridgehead atoms. The Balaban J connectivity index is 1.67. The molecule has 0 spiro atoms. The van der Waals surface area contributed by atoms with Gasteiger partial charge < -0.3 is 10.3 Å². The van der Waals surface area contributed by atoms with E-state index in [9.17, 15) is 8.42 Å². The van der Waals surface area contributed by atoms with E-state index in [1.807, 2.05) is 12.1 Å². The second kappa shape index (κ2) is 6.31. The van der Waals surface area contributed by atoms with Gasteiger partial charge in [-0.3, -0.25) is 0 Å². The Morgan fingerprint density at radius 1 is 1.39 bits per heavy atom. The number of sulfonamides is 1. The first-order valence-corrected chi connectivity index (χ1v) is 10.2. The maximum atomic E-state index is 11.1. The van der Waals surface area contributed by atoms with Gasteiger partial charge in [-0.1, -0.05) is 18.0 Å². The van der Waals surface area contributed by atoms with Crippen LogP contribution in [0.3, 0.4) is 0 Å². The molecule has 0 aliphatic heterocycles. The smallest absolute Gasteiger partial charge is 0.268 e. The third-order valence-corrected chi connectivity index (χ3v) is 5.84. The van der Waals surface area contributed by atoms with Crippen LogP contribution in [0, 0.1) is 0 Å². The summed E-state index contributed by atoms with van der Waals surface area (Å²) < 4.78 is 29.9. The highest BCUT2D eigenvalue weighted by Gasteiger charge is 2.36. The molecule has 1 fully saturated rings. The molecule has 2 heterocycles. The predicted molar refractivity (Wildman–Crippen MR) is 88.5 cm³/mol. The molecular formula is C14H20N4O3S2. The topological polar surface area (TPSA) is 111 Å². The number of nitrogens with zero attached hydrogens (tertiary/aromatic N) is 2. The Kier molecular flexibility index (Phi) is 4.54. The SMILES string of the molecule is CS(=O)(=O)NCCc1ccc(-c2nc(C3(N)CCCC3)no2)s1. The zero-order chi connectivity index (χ0) is 16.5. The van der Waals surface area contributed by atoms with Crippen molar-refractivity contribution in [2.75, 3.05) is 12.8 Å². The average molecular weight is 356 g/mol. The van der Waals surface area contributed by atoms with Gasteiger partial charge in [-0.2, -0.15) is 4.98 Å². The van der Waals surface area contributed by atoms with Crippen molar-refractivity contribution in [1.82, 2.24) is 14.9 Å². The molecule has 0 saturated heterocycles. The number of aromatic nitrogens is 2. The highest BCUT2D eigenvalue weighted by atomic mass is 32.2. The molecule has 0 aromatic carbocycles. The van der Waals surface area contributed by atoms with Crippen LogP contribution >= 0.6 is 11.3 Å². The molecule has 0 radical (unpaired) electrons. The summed E-state index contributed by atoms with van der Waals surface area (Å²) in [6, 6.07) is 3.86. The lowest BCUT2D eigenvalue weighted by atomic mass is 9.99. The summed E-state index contributed by atoms with van der Waals surface area (Å²) in [5.74, 6) is 1.06. The van der Waals surface area contributed by atoms with Crippen molar-refractivity contribution < 1.29 is 12.9 Å². The van der Waals surface area contributed by atoms with E-state index in [0.29, 0.717) is 24.7 Å². The molecule has 2 aromatic rings. The largest absolute Gasteiger partial charge is 0.333 e. The second-order valence-corrected chi connectivity index (χ2v) is 8.97. The number of thiophene rings is 1. The van der Waals surface area contributed by atoms with E-state index in [2.05, 4.69) is 14.9 Å². The van der Waals surface area contributed by atoms with Gasteiger partial charge in [0.25, 0.3) is 5.89 Å². The van der Waals surface area contributed by atoms with E-state index < -0.39 is 15.6 Å². The van der Waals surface area contributed by atoms with Gasteiger partial charge in [0.15, 0.2) is 5.82 Å². The maximum absolute atomic E-state index is 11.1. The summed E-state index contributed by atoms with van der Waals surface area (Å²) in [5.41, 5.74) is 5.88. The van der Waals surface area contributed by atoms with Gasteiger partial charge in [0, 0.05) is 11.4 Å². The Morgan fingerprint density at radius 3 is 2.83 bits per heavy atom. The van der Waals surface area contributed by atoms with Crippen molar-refractivity contribution in [3.8, 4) is 10.8 Å². The van der Waals surface area contributed by atoms with Gasteiger partial charge in [-0.15, -0.1) is 11.3 Å². The fourth-order valence-electron chi connectivity index (χ4n) is 2.74. The third kappa shape index (κ3) is 3.97.